The zero-order chi connectivity index (χ0) is 10.4. The summed E-state index contributed by atoms with van der Waals surface area (Å²) in [6.07, 6.45) is 0.910. The predicted octanol–water partition coefficient (Wildman–Crippen LogP) is 1.16. The van der Waals surface area contributed by atoms with Gasteiger partial charge in [-0.15, -0.1) is 0 Å². The zero-order valence-corrected chi connectivity index (χ0v) is 8.29. The van der Waals surface area contributed by atoms with Gasteiger partial charge in [0.2, 0.25) is 0 Å². The van der Waals surface area contributed by atoms with E-state index in [0.717, 1.165) is 18.7 Å². The van der Waals surface area contributed by atoms with Crippen molar-refractivity contribution >= 4 is 5.69 Å². The third-order valence-electron chi connectivity index (χ3n) is 1.89. The van der Waals surface area contributed by atoms with Crippen molar-refractivity contribution in [3.8, 4) is 11.5 Å². The Balaban J connectivity index is 2.57. The van der Waals surface area contributed by atoms with Gasteiger partial charge in [0.15, 0.2) is 11.5 Å². The molecule has 14 heavy (non-hydrogen) atoms. The average Bonchev–Trinajstić information content (AvgIpc) is 2.18. The first-order valence-corrected chi connectivity index (χ1v) is 4.59. The van der Waals surface area contributed by atoms with Gasteiger partial charge in [0.1, 0.15) is 0 Å². The summed E-state index contributed by atoms with van der Waals surface area (Å²) in [6.45, 7) is 1.47. The Hall–Kier alpha value is -1.42. The second-order valence-electron chi connectivity index (χ2n) is 2.96. The molecule has 0 atom stereocenters. The monoisotopic (exact) mass is 196 g/mol. The van der Waals surface area contributed by atoms with Gasteiger partial charge >= 0.3 is 0 Å². The lowest BCUT2D eigenvalue weighted by Gasteiger charge is -2.08. The molecule has 1 aromatic carbocycles. The number of anilines is 1. The number of nitrogens with two attached hydrogens (primary N) is 1. The highest BCUT2D eigenvalue weighted by Gasteiger charge is 2.01. The summed E-state index contributed by atoms with van der Waals surface area (Å²) < 4.78 is 4.93. The Bertz CT molecular complexity index is 289. The molecule has 0 aliphatic rings. The SMILES string of the molecule is COc1ccc(NCCCN)cc1O. The van der Waals surface area contributed by atoms with E-state index in [-0.39, 0.29) is 5.75 Å². The maximum Gasteiger partial charge on any atom is 0.160 e. The first kappa shape index (κ1) is 10.7. The molecule has 0 amide bonds. The van der Waals surface area contributed by atoms with Crippen LogP contribution in [0.4, 0.5) is 5.69 Å². The van der Waals surface area contributed by atoms with Gasteiger partial charge in [0.25, 0.3) is 0 Å². The van der Waals surface area contributed by atoms with Crippen LogP contribution in [-0.2, 0) is 0 Å². The van der Waals surface area contributed by atoms with Gasteiger partial charge in [-0.3, -0.25) is 0 Å². The fraction of sp³-hybridized carbons (Fsp3) is 0.400. The van der Waals surface area contributed by atoms with Crippen LogP contribution in [-0.4, -0.2) is 25.3 Å². The normalized spacial score (nSPS) is 9.86. The average molecular weight is 196 g/mol. The van der Waals surface area contributed by atoms with E-state index in [1.54, 1.807) is 12.1 Å². The smallest absolute Gasteiger partial charge is 0.160 e. The number of phenolic OH excluding ortho intramolecular Hbond substituents is 1. The molecule has 0 aliphatic carbocycles. The van der Waals surface area contributed by atoms with Crippen LogP contribution >= 0.6 is 0 Å². The Labute approximate surface area is 83.7 Å². The number of benzene rings is 1. The van der Waals surface area contributed by atoms with Crippen LogP contribution in [0.5, 0.6) is 11.5 Å². The van der Waals surface area contributed by atoms with E-state index in [4.69, 9.17) is 10.5 Å². The highest BCUT2D eigenvalue weighted by molar-refractivity contribution is 5.53. The molecule has 0 aliphatic heterocycles. The molecule has 0 heterocycles. The Morgan fingerprint density at radius 2 is 2.29 bits per heavy atom. The van der Waals surface area contributed by atoms with Gasteiger partial charge in [-0.25, -0.2) is 0 Å². The summed E-state index contributed by atoms with van der Waals surface area (Å²) >= 11 is 0. The summed E-state index contributed by atoms with van der Waals surface area (Å²) in [7, 11) is 1.52. The topological polar surface area (TPSA) is 67.5 Å². The second-order valence-corrected chi connectivity index (χ2v) is 2.96. The number of hydrogen-bond donors (Lipinski definition) is 3. The molecule has 0 bridgehead atoms. The molecule has 0 fully saturated rings. The fourth-order valence-electron chi connectivity index (χ4n) is 1.13. The largest absolute Gasteiger partial charge is 0.504 e. The lowest BCUT2D eigenvalue weighted by molar-refractivity contribution is 0.373. The minimum Gasteiger partial charge on any atom is -0.504 e. The summed E-state index contributed by atoms with van der Waals surface area (Å²) in [5, 5.41) is 12.6. The van der Waals surface area contributed by atoms with Crippen LogP contribution in [0, 0.1) is 0 Å². The van der Waals surface area contributed by atoms with Crippen molar-refractivity contribution in [3.63, 3.8) is 0 Å². The van der Waals surface area contributed by atoms with E-state index >= 15 is 0 Å². The predicted molar refractivity (Wildman–Crippen MR) is 56.8 cm³/mol. The van der Waals surface area contributed by atoms with E-state index in [9.17, 15) is 5.11 Å². The van der Waals surface area contributed by atoms with Crippen molar-refractivity contribution in [3.05, 3.63) is 18.2 Å². The van der Waals surface area contributed by atoms with E-state index in [2.05, 4.69) is 5.32 Å². The Kier molecular flexibility index (Phi) is 4.07. The van der Waals surface area contributed by atoms with Crippen molar-refractivity contribution in [1.29, 1.82) is 0 Å². The highest BCUT2D eigenvalue weighted by Crippen LogP contribution is 2.28. The van der Waals surface area contributed by atoms with Crippen LogP contribution < -0.4 is 15.8 Å². The minimum absolute atomic E-state index is 0.144. The van der Waals surface area contributed by atoms with Crippen molar-refractivity contribution in [2.75, 3.05) is 25.5 Å². The van der Waals surface area contributed by atoms with Gasteiger partial charge in [-0.1, -0.05) is 0 Å². The van der Waals surface area contributed by atoms with Crippen molar-refractivity contribution in [2.24, 2.45) is 5.73 Å². The van der Waals surface area contributed by atoms with Crippen LogP contribution in [0.15, 0.2) is 18.2 Å². The molecule has 4 nitrogen and oxygen atoms in total. The van der Waals surface area contributed by atoms with Crippen molar-refractivity contribution < 1.29 is 9.84 Å². The van der Waals surface area contributed by atoms with Gasteiger partial charge in [0.05, 0.1) is 7.11 Å². The van der Waals surface area contributed by atoms with Crippen LogP contribution in [0.2, 0.25) is 0 Å². The minimum atomic E-state index is 0.144. The molecule has 1 aromatic rings. The molecule has 78 valence electrons. The lowest BCUT2D eigenvalue weighted by Crippen LogP contribution is -2.08. The van der Waals surface area contributed by atoms with Crippen LogP contribution in [0.25, 0.3) is 0 Å². The molecule has 0 radical (unpaired) electrons. The van der Waals surface area contributed by atoms with Gasteiger partial charge in [-0.2, -0.15) is 0 Å². The number of hydrogen-bond acceptors (Lipinski definition) is 4. The third kappa shape index (κ3) is 2.81. The van der Waals surface area contributed by atoms with Gasteiger partial charge < -0.3 is 20.9 Å². The zero-order valence-electron chi connectivity index (χ0n) is 8.29. The molecular weight excluding hydrogens is 180 g/mol. The van der Waals surface area contributed by atoms with Crippen molar-refractivity contribution in [2.45, 2.75) is 6.42 Å². The molecule has 0 spiro atoms. The van der Waals surface area contributed by atoms with E-state index in [1.165, 1.54) is 7.11 Å². The summed E-state index contributed by atoms with van der Waals surface area (Å²) in [5.41, 5.74) is 6.23. The third-order valence-corrected chi connectivity index (χ3v) is 1.89. The number of nitrogens with one attached hydrogen (secondary N) is 1. The fourth-order valence-corrected chi connectivity index (χ4v) is 1.13. The lowest BCUT2D eigenvalue weighted by atomic mass is 10.2. The summed E-state index contributed by atoms with van der Waals surface area (Å²) in [5.74, 6) is 0.625. The van der Waals surface area contributed by atoms with E-state index in [1.807, 2.05) is 6.07 Å². The number of aromatic hydroxyl groups is 1. The highest BCUT2D eigenvalue weighted by atomic mass is 16.5. The quantitative estimate of drug-likeness (QED) is 0.618. The number of rotatable bonds is 5. The molecule has 1 rings (SSSR count). The maximum atomic E-state index is 9.46. The van der Waals surface area contributed by atoms with Crippen LogP contribution in [0.1, 0.15) is 6.42 Å². The van der Waals surface area contributed by atoms with E-state index < -0.39 is 0 Å². The van der Waals surface area contributed by atoms with Gasteiger partial charge in [0, 0.05) is 18.3 Å². The Morgan fingerprint density at radius 3 is 2.86 bits per heavy atom. The van der Waals surface area contributed by atoms with E-state index in [0.29, 0.717) is 12.3 Å². The molecule has 4 N–H and O–H groups in total. The standard InChI is InChI=1S/C10H16N2O2/c1-14-10-4-3-8(7-9(10)13)12-6-2-5-11/h3-4,7,12-13H,2,5-6,11H2,1H3. The first-order valence-electron chi connectivity index (χ1n) is 4.59. The summed E-state index contributed by atoms with van der Waals surface area (Å²) in [6, 6.07) is 5.21. The summed E-state index contributed by atoms with van der Waals surface area (Å²) in [4.78, 5) is 0. The van der Waals surface area contributed by atoms with Crippen molar-refractivity contribution in [1.82, 2.24) is 0 Å². The maximum absolute atomic E-state index is 9.46. The second kappa shape index (κ2) is 5.34. The molecule has 0 aromatic heterocycles. The molecule has 4 heteroatoms. The molecule has 0 saturated heterocycles. The molecule has 0 saturated carbocycles. The molecule has 0 unspecified atom stereocenters. The number of ether oxygens (including phenoxy) is 1. The first-order chi connectivity index (χ1) is 6.77. The molecular formula is C10H16N2O2. The van der Waals surface area contributed by atoms with Gasteiger partial charge in [-0.05, 0) is 25.1 Å². The number of methoxy groups -OCH3 is 1. The Morgan fingerprint density at radius 1 is 1.50 bits per heavy atom. The number of phenols is 1. The van der Waals surface area contributed by atoms with Crippen LogP contribution in [0.3, 0.4) is 0 Å².